The Morgan fingerprint density at radius 3 is 2.30 bits per heavy atom. The van der Waals surface area contributed by atoms with Crippen molar-refractivity contribution in [3.05, 3.63) is 57.2 Å². The molecule has 1 aliphatic heterocycles. The van der Waals surface area contributed by atoms with Gasteiger partial charge in [0.25, 0.3) is 11.1 Å². The van der Waals surface area contributed by atoms with Crippen LogP contribution in [-0.2, 0) is 14.3 Å². The molecule has 2 amide bonds. The molecule has 7 heteroatoms. The van der Waals surface area contributed by atoms with E-state index in [4.69, 9.17) is 4.74 Å². The topological polar surface area (TPSA) is 68.6 Å². The van der Waals surface area contributed by atoms with Gasteiger partial charge in [-0.2, -0.15) is 0 Å². The van der Waals surface area contributed by atoms with Crippen LogP contribution in [0.4, 0.5) is 4.79 Å². The van der Waals surface area contributed by atoms with Gasteiger partial charge in [0.05, 0.1) is 11.0 Å². The summed E-state index contributed by atoms with van der Waals surface area (Å²) in [5.74, 6) is -1.07. The number of hydrogen-bond donors (Lipinski definition) is 0. The number of carbonyl (C=O) groups excluding carboxylic acids is 3. The van der Waals surface area contributed by atoms with E-state index in [0.717, 1.165) is 39.3 Å². The summed E-state index contributed by atoms with van der Waals surface area (Å²) in [7, 11) is 0. The van der Waals surface area contributed by atoms with E-state index in [1.54, 1.807) is 19.9 Å². The minimum absolute atomic E-state index is 0.302. The van der Waals surface area contributed by atoms with E-state index in [2.05, 4.69) is 36.6 Å². The molecule has 0 aliphatic carbocycles. The second kappa shape index (κ2) is 8.52. The van der Waals surface area contributed by atoms with Gasteiger partial charge in [-0.15, -0.1) is 0 Å². The molecule has 2 aromatic rings. The van der Waals surface area contributed by atoms with Crippen molar-refractivity contribution in [1.29, 1.82) is 0 Å². The second-order valence-electron chi connectivity index (χ2n) is 7.81. The van der Waals surface area contributed by atoms with Gasteiger partial charge in [-0.1, -0.05) is 6.07 Å². The van der Waals surface area contributed by atoms with Crippen LogP contribution in [0, 0.1) is 27.7 Å². The van der Waals surface area contributed by atoms with Gasteiger partial charge in [-0.25, -0.2) is 0 Å². The summed E-state index contributed by atoms with van der Waals surface area (Å²) >= 11 is 0.844. The Kier molecular flexibility index (Phi) is 6.22. The van der Waals surface area contributed by atoms with Gasteiger partial charge in [0, 0.05) is 17.1 Å². The third-order valence-corrected chi connectivity index (χ3v) is 5.66. The Morgan fingerprint density at radius 1 is 1.07 bits per heavy atom. The smallest absolute Gasteiger partial charge is 0.326 e. The molecule has 30 heavy (non-hydrogen) atoms. The lowest BCUT2D eigenvalue weighted by atomic mass is 10.1. The summed E-state index contributed by atoms with van der Waals surface area (Å²) in [5, 5.41) is -0.463. The van der Waals surface area contributed by atoms with Gasteiger partial charge in [-0.3, -0.25) is 19.3 Å². The van der Waals surface area contributed by atoms with Crippen molar-refractivity contribution in [3.8, 4) is 5.69 Å². The third-order valence-electron chi connectivity index (χ3n) is 4.75. The SMILES string of the molecule is Cc1cc(C)cc(-n2c(C)cc(/C=C3\SC(=O)N(CC(=O)OC(C)C)C3=O)c2C)c1. The number of rotatable bonds is 5. The summed E-state index contributed by atoms with van der Waals surface area (Å²) < 4.78 is 7.19. The Balaban J connectivity index is 1.90. The summed E-state index contributed by atoms with van der Waals surface area (Å²) in [5.41, 5.74) is 6.28. The fourth-order valence-corrected chi connectivity index (χ4v) is 4.45. The minimum Gasteiger partial charge on any atom is -0.462 e. The van der Waals surface area contributed by atoms with E-state index >= 15 is 0 Å². The fraction of sp³-hybridized carbons (Fsp3) is 0.348. The monoisotopic (exact) mass is 426 g/mol. The molecule has 0 unspecified atom stereocenters. The Labute approximate surface area is 180 Å². The lowest BCUT2D eigenvalue weighted by molar-refractivity contribution is -0.149. The van der Waals surface area contributed by atoms with E-state index in [-0.39, 0.29) is 12.6 Å². The van der Waals surface area contributed by atoms with Crippen molar-refractivity contribution >= 4 is 35.0 Å². The van der Waals surface area contributed by atoms with Crippen molar-refractivity contribution in [3.63, 3.8) is 0 Å². The van der Waals surface area contributed by atoms with Crippen molar-refractivity contribution in [2.75, 3.05) is 6.54 Å². The molecule has 6 nitrogen and oxygen atoms in total. The molecule has 1 fully saturated rings. The number of esters is 1. The molecule has 1 saturated heterocycles. The first-order valence-corrected chi connectivity index (χ1v) is 10.6. The zero-order valence-corrected chi connectivity index (χ0v) is 18.9. The average Bonchev–Trinajstić information content (AvgIpc) is 3.03. The maximum Gasteiger partial charge on any atom is 0.326 e. The van der Waals surface area contributed by atoms with E-state index in [0.29, 0.717) is 4.91 Å². The Bertz CT molecular complexity index is 1050. The highest BCUT2D eigenvalue weighted by Gasteiger charge is 2.37. The molecule has 3 rings (SSSR count). The van der Waals surface area contributed by atoms with Crippen LogP contribution in [0.5, 0.6) is 0 Å². The number of aryl methyl sites for hydroxylation is 3. The first-order chi connectivity index (χ1) is 14.1. The molecule has 1 aliphatic rings. The predicted molar refractivity (Wildman–Crippen MR) is 119 cm³/mol. The van der Waals surface area contributed by atoms with Gasteiger partial charge in [0.1, 0.15) is 6.54 Å². The lowest BCUT2D eigenvalue weighted by Gasteiger charge is -2.13. The molecule has 158 valence electrons. The highest BCUT2D eigenvalue weighted by atomic mass is 32.2. The molecule has 0 saturated carbocycles. The molecular weight excluding hydrogens is 400 g/mol. The van der Waals surface area contributed by atoms with Crippen LogP contribution in [0.25, 0.3) is 11.8 Å². The number of nitrogens with zero attached hydrogens (tertiary/aromatic N) is 2. The van der Waals surface area contributed by atoms with Crippen LogP contribution in [0.1, 0.15) is 41.9 Å². The number of hydrogen-bond acceptors (Lipinski definition) is 5. The van der Waals surface area contributed by atoms with Crippen LogP contribution in [0.3, 0.4) is 0 Å². The van der Waals surface area contributed by atoms with Gasteiger partial charge >= 0.3 is 5.97 Å². The second-order valence-corrected chi connectivity index (χ2v) is 8.81. The normalized spacial score (nSPS) is 15.6. The first kappa shape index (κ1) is 21.9. The number of thioether (sulfide) groups is 1. The van der Waals surface area contributed by atoms with Crippen molar-refractivity contribution in [2.24, 2.45) is 0 Å². The largest absolute Gasteiger partial charge is 0.462 e. The molecular formula is C23H26N2O4S. The van der Waals surface area contributed by atoms with Crippen molar-refractivity contribution in [2.45, 2.75) is 47.6 Å². The van der Waals surface area contributed by atoms with Gasteiger partial charge in [0.2, 0.25) is 0 Å². The Hall–Kier alpha value is -2.80. The third kappa shape index (κ3) is 4.51. The van der Waals surface area contributed by atoms with E-state index in [1.807, 2.05) is 19.9 Å². The number of aromatic nitrogens is 1. The van der Waals surface area contributed by atoms with Crippen LogP contribution in [-0.4, -0.2) is 39.2 Å². The van der Waals surface area contributed by atoms with Crippen LogP contribution < -0.4 is 0 Å². The highest BCUT2D eigenvalue weighted by molar-refractivity contribution is 8.18. The number of imide groups is 1. The van der Waals surface area contributed by atoms with Crippen LogP contribution >= 0.6 is 11.8 Å². The number of ether oxygens (including phenoxy) is 1. The zero-order chi connectivity index (χ0) is 22.2. The maximum absolute atomic E-state index is 12.7. The molecule has 1 aromatic heterocycles. The quantitative estimate of drug-likeness (QED) is 0.512. The summed E-state index contributed by atoms with van der Waals surface area (Å²) in [6.07, 6.45) is 1.42. The molecule has 0 atom stereocenters. The summed E-state index contributed by atoms with van der Waals surface area (Å²) in [6, 6.07) is 8.35. The van der Waals surface area contributed by atoms with Crippen LogP contribution in [0.2, 0.25) is 0 Å². The minimum atomic E-state index is -0.596. The summed E-state index contributed by atoms with van der Waals surface area (Å²) in [6.45, 7) is 11.2. The number of benzene rings is 1. The zero-order valence-electron chi connectivity index (χ0n) is 18.1. The van der Waals surface area contributed by atoms with Crippen molar-refractivity contribution < 1.29 is 19.1 Å². The van der Waals surface area contributed by atoms with Gasteiger partial charge < -0.3 is 9.30 Å². The number of amides is 2. The highest BCUT2D eigenvalue weighted by Crippen LogP contribution is 2.34. The predicted octanol–water partition coefficient (Wildman–Crippen LogP) is 4.70. The van der Waals surface area contributed by atoms with E-state index < -0.39 is 17.1 Å². The molecule has 2 heterocycles. The number of carbonyl (C=O) groups is 3. The summed E-state index contributed by atoms with van der Waals surface area (Å²) in [4.78, 5) is 38.1. The van der Waals surface area contributed by atoms with E-state index in [9.17, 15) is 14.4 Å². The lowest BCUT2D eigenvalue weighted by Crippen LogP contribution is -2.35. The molecule has 1 aromatic carbocycles. The first-order valence-electron chi connectivity index (χ1n) is 9.79. The van der Waals surface area contributed by atoms with Crippen LogP contribution in [0.15, 0.2) is 29.2 Å². The Morgan fingerprint density at radius 2 is 1.70 bits per heavy atom. The van der Waals surface area contributed by atoms with Gasteiger partial charge in [0.15, 0.2) is 0 Å². The van der Waals surface area contributed by atoms with Crippen molar-refractivity contribution in [1.82, 2.24) is 9.47 Å². The maximum atomic E-state index is 12.7. The molecule has 0 spiro atoms. The van der Waals surface area contributed by atoms with E-state index in [1.165, 1.54) is 11.1 Å². The average molecular weight is 427 g/mol. The molecule has 0 radical (unpaired) electrons. The van der Waals surface area contributed by atoms with Gasteiger partial charge in [-0.05, 0) is 94.3 Å². The standard InChI is InChI=1S/C23H26N2O4S/c1-13(2)29-21(26)12-24-22(27)20(30-23(24)28)11-18-10-16(5)25(17(18)6)19-8-14(3)7-15(4)9-19/h7-11,13H,12H2,1-6H3/b20-11-. The molecule has 0 bridgehead atoms. The molecule has 0 N–H and O–H groups in total. The fourth-order valence-electron chi connectivity index (χ4n) is 3.62.